The first-order valence-electron chi connectivity index (χ1n) is 11.1. The minimum atomic E-state index is -4.23. The normalized spacial score (nSPS) is 17.5. The Bertz CT molecular complexity index is 1300. The van der Waals surface area contributed by atoms with E-state index in [9.17, 15) is 18.0 Å². The Labute approximate surface area is 198 Å². The third-order valence-electron chi connectivity index (χ3n) is 6.55. The fraction of sp³-hybridized carbons (Fsp3) is 0.375. The number of amides is 1. The van der Waals surface area contributed by atoms with Crippen molar-refractivity contribution in [3.63, 3.8) is 0 Å². The molecule has 178 valence electrons. The van der Waals surface area contributed by atoms with Gasteiger partial charge in [-0.05, 0) is 43.9 Å². The fourth-order valence-corrected chi connectivity index (χ4v) is 5.05. The number of halogens is 3. The molecule has 6 nitrogen and oxygen atoms in total. The molecule has 0 bridgehead atoms. The largest absolute Gasteiger partial charge is 0.396 e. The van der Waals surface area contributed by atoms with Crippen molar-refractivity contribution in [3.8, 4) is 0 Å². The summed E-state index contributed by atoms with van der Waals surface area (Å²) in [5, 5.41) is 4.68. The Morgan fingerprint density at radius 3 is 2.76 bits per heavy atom. The van der Waals surface area contributed by atoms with Crippen LogP contribution in [0.5, 0.6) is 0 Å². The van der Waals surface area contributed by atoms with Crippen LogP contribution in [0.4, 0.5) is 24.1 Å². The zero-order valence-electron chi connectivity index (χ0n) is 18.7. The number of hydrogen-bond acceptors (Lipinski definition) is 5. The summed E-state index contributed by atoms with van der Waals surface area (Å²) in [7, 11) is 0. The van der Waals surface area contributed by atoms with Crippen LogP contribution >= 0.6 is 11.3 Å². The van der Waals surface area contributed by atoms with Crippen LogP contribution in [0, 0.1) is 12.3 Å². The summed E-state index contributed by atoms with van der Waals surface area (Å²) in [6.07, 6.45) is 3.39. The molecule has 1 N–H and O–H groups in total. The Kier molecular flexibility index (Phi) is 5.50. The maximum Gasteiger partial charge on any atom is 0.396 e. The first-order valence-corrected chi connectivity index (χ1v) is 11.9. The third-order valence-corrected chi connectivity index (χ3v) is 7.38. The number of alkyl halides is 3. The molecule has 3 aromatic rings. The second-order valence-corrected chi connectivity index (χ2v) is 10.1. The molecule has 0 unspecified atom stereocenters. The van der Waals surface area contributed by atoms with Crippen LogP contribution in [0.3, 0.4) is 0 Å². The van der Waals surface area contributed by atoms with E-state index in [4.69, 9.17) is 4.98 Å². The average Bonchev–Trinajstić information content (AvgIpc) is 3.35. The number of aryl methyl sites for hydroxylation is 1. The summed E-state index contributed by atoms with van der Waals surface area (Å²) in [6.45, 7) is 6.34. The molecule has 1 saturated carbocycles. The summed E-state index contributed by atoms with van der Waals surface area (Å²) in [6, 6.07) is 3.63. The number of pyridine rings is 1. The van der Waals surface area contributed by atoms with E-state index in [1.165, 1.54) is 17.4 Å². The minimum Gasteiger partial charge on any atom is -0.346 e. The molecule has 4 heterocycles. The Morgan fingerprint density at radius 1 is 1.38 bits per heavy atom. The van der Waals surface area contributed by atoms with E-state index in [0.29, 0.717) is 36.0 Å². The highest BCUT2D eigenvalue weighted by molar-refractivity contribution is 7.15. The predicted octanol–water partition coefficient (Wildman–Crippen LogP) is 5.69. The van der Waals surface area contributed by atoms with Crippen molar-refractivity contribution in [2.24, 2.45) is 5.41 Å². The van der Waals surface area contributed by atoms with E-state index in [1.807, 2.05) is 19.1 Å². The molecule has 1 aliphatic heterocycles. The quantitative estimate of drug-likeness (QED) is 0.454. The predicted molar refractivity (Wildman–Crippen MR) is 127 cm³/mol. The molecule has 5 rings (SSSR count). The topological polar surface area (TPSA) is 63.1 Å². The molecule has 34 heavy (non-hydrogen) atoms. The SMILES string of the molecule is C=CC(=O)N1CC=C(c2nc(Nc3ncc(C)s3)cc3c2ccn3CC2(C(F)(F)F)CC2)CC1. The van der Waals surface area contributed by atoms with E-state index in [1.54, 1.807) is 27.9 Å². The molecule has 0 radical (unpaired) electrons. The number of nitrogens with zero attached hydrogens (tertiary/aromatic N) is 4. The van der Waals surface area contributed by atoms with Gasteiger partial charge in [0.1, 0.15) is 5.82 Å². The molecule has 1 amide bonds. The van der Waals surface area contributed by atoms with Gasteiger partial charge in [0.2, 0.25) is 5.91 Å². The summed E-state index contributed by atoms with van der Waals surface area (Å²) >= 11 is 1.48. The first-order chi connectivity index (χ1) is 16.2. The van der Waals surface area contributed by atoms with Crippen molar-refractivity contribution < 1.29 is 18.0 Å². The van der Waals surface area contributed by atoms with Crippen molar-refractivity contribution in [2.45, 2.75) is 38.9 Å². The highest BCUT2D eigenvalue weighted by Gasteiger charge is 2.63. The van der Waals surface area contributed by atoms with Gasteiger partial charge in [-0.15, -0.1) is 11.3 Å². The zero-order chi connectivity index (χ0) is 24.1. The van der Waals surface area contributed by atoms with Gasteiger partial charge in [0.25, 0.3) is 0 Å². The molecular weight excluding hydrogens is 463 g/mol. The Hall–Kier alpha value is -3.14. The molecule has 0 spiro atoms. The lowest BCUT2D eigenvalue weighted by molar-refractivity contribution is -0.190. The van der Waals surface area contributed by atoms with Crippen LogP contribution in [-0.2, 0) is 11.3 Å². The van der Waals surface area contributed by atoms with E-state index in [0.717, 1.165) is 21.5 Å². The van der Waals surface area contributed by atoms with Gasteiger partial charge in [-0.2, -0.15) is 13.2 Å². The van der Waals surface area contributed by atoms with Crippen molar-refractivity contribution in [1.29, 1.82) is 0 Å². The number of aromatic nitrogens is 3. The van der Waals surface area contributed by atoms with E-state index in [2.05, 4.69) is 16.9 Å². The van der Waals surface area contributed by atoms with Gasteiger partial charge in [-0.25, -0.2) is 9.97 Å². The molecule has 3 aromatic heterocycles. The highest BCUT2D eigenvalue weighted by atomic mass is 32.1. The van der Waals surface area contributed by atoms with Crippen LogP contribution < -0.4 is 5.32 Å². The van der Waals surface area contributed by atoms with Crippen molar-refractivity contribution in [1.82, 2.24) is 19.4 Å². The number of thiazole rings is 1. The van der Waals surface area contributed by atoms with Gasteiger partial charge in [-0.1, -0.05) is 12.7 Å². The molecule has 10 heteroatoms. The number of rotatable bonds is 6. The molecule has 0 atom stereocenters. The number of carbonyl (C=O) groups is 1. The lowest BCUT2D eigenvalue weighted by atomic mass is 10.0. The standard InChI is InChI=1S/C24H24F3N5OS/c1-3-20(33)31-9-4-16(5-10-31)21-17-6-11-32(14-23(7-8-23)24(25,26)27)18(17)12-19(29-21)30-22-28-13-15(2)34-22/h3-4,6,11-13H,1,5,7-10,14H2,2H3,(H,28,29,30). The van der Waals surface area contributed by atoms with Crippen LogP contribution in [-0.4, -0.2) is 44.6 Å². The highest BCUT2D eigenvalue weighted by Crippen LogP contribution is 2.59. The molecular formula is C24H24F3N5OS. The Morgan fingerprint density at radius 2 is 2.18 bits per heavy atom. The monoisotopic (exact) mass is 487 g/mol. The zero-order valence-corrected chi connectivity index (χ0v) is 19.5. The number of carbonyl (C=O) groups excluding carboxylic acids is 1. The van der Waals surface area contributed by atoms with Gasteiger partial charge in [0, 0.05) is 48.4 Å². The second-order valence-electron chi connectivity index (χ2n) is 8.88. The van der Waals surface area contributed by atoms with E-state index < -0.39 is 11.6 Å². The van der Waals surface area contributed by atoms with Gasteiger partial charge >= 0.3 is 6.18 Å². The molecule has 2 aliphatic rings. The lowest BCUT2D eigenvalue weighted by Crippen LogP contribution is -2.33. The van der Waals surface area contributed by atoms with Gasteiger partial charge in [0.15, 0.2) is 5.13 Å². The first kappa shape index (κ1) is 22.6. The third kappa shape index (κ3) is 4.11. The molecule has 0 saturated heterocycles. The van der Waals surface area contributed by atoms with Crippen LogP contribution in [0.15, 0.2) is 43.3 Å². The van der Waals surface area contributed by atoms with Gasteiger partial charge in [0.05, 0.1) is 16.6 Å². The average molecular weight is 488 g/mol. The summed E-state index contributed by atoms with van der Waals surface area (Å²) in [5.74, 6) is 0.398. The van der Waals surface area contributed by atoms with E-state index in [-0.39, 0.29) is 25.3 Å². The van der Waals surface area contributed by atoms with Crippen LogP contribution in [0.25, 0.3) is 16.5 Å². The van der Waals surface area contributed by atoms with Crippen molar-refractivity contribution >= 4 is 44.7 Å². The number of hydrogen-bond donors (Lipinski definition) is 1. The lowest BCUT2D eigenvalue weighted by Gasteiger charge is -2.25. The summed E-state index contributed by atoms with van der Waals surface area (Å²) < 4.78 is 42.7. The van der Waals surface area contributed by atoms with Crippen molar-refractivity contribution in [3.05, 3.63) is 53.8 Å². The van der Waals surface area contributed by atoms with Crippen molar-refractivity contribution in [2.75, 3.05) is 18.4 Å². The number of fused-ring (bicyclic) bond motifs is 1. The minimum absolute atomic E-state index is 0.111. The smallest absolute Gasteiger partial charge is 0.346 e. The molecule has 1 aliphatic carbocycles. The summed E-state index contributed by atoms with van der Waals surface area (Å²) in [5.41, 5.74) is 0.723. The maximum atomic E-state index is 13.7. The second kappa shape index (κ2) is 8.26. The number of anilines is 2. The van der Waals surface area contributed by atoms with E-state index >= 15 is 0 Å². The maximum absolute atomic E-state index is 13.7. The fourth-order valence-electron chi connectivity index (χ4n) is 4.38. The van der Waals surface area contributed by atoms with Crippen LogP contribution in [0.1, 0.15) is 29.8 Å². The molecule has 0 aromatic carbocycles. The van der Waals surface area contributed by atoms with Gasteiger partial charge < -0.3 is 14.8 Å². The Balaban J connectivity index is 1.55. The summed E-state index contributed by atoms with van der Waals surface area (Å²) in [4.78, 5) is 23.8. The van der Waals surface area contributed by atoms with Gasteiger partial charge in [-0.3, -0.25) is 4.79 Å². The number of nitrogens with one attached hydrogen (secondary N) is 1. The molecule has 1 fully saturated rings. The van der Waals surface area contributed by atoms with Crippen LogP contribution in [0.2, 0.25) is 0 Å².